The van der Waals surface area contributed by atoms with Gasteiger partial charge in [-0.1, -0.05) is 54.1 Å². The normalized spacial score (nSPS) is 11.9. The van der Waals surface area contributed by atoms with Crippen LogP contribution >= 0.6 is 0 Å². The van der Waals surface area contributed by atoms with Gasteiger partial charge in [0.15, 0.2) is 17.3 Å². The van der Waals surface area contributed by atoms with Crippen molar-refractivity contribution in [3.63, 3.8) is 0 Å². The Morgan fingerprint density at radius 2 is 1.55 bits per heavy atom. The summed E-state index contributed by atoms with van der Waals surface area (Å²) in [6.07, 6.45) is 0. The van der Waals surface area contributed by atoms with Gasteiger partial charge in [-0.15, -0.1) is 0 Å². The van der Waals surface area contributed by atoms with Crippen LogP contribution in [-0.2, 0) is 4.79 Å². The molecule has 0 saturated heterocycles. The second-order valence-corrected chi connectivity index (χ2v) is 8.17. The third-order valence-electron chi connectivity index (χ3n) is 5.40. The Bertz CT molecular complexity index is 1410. The molecule has 1 heterocycles. The number of benzene rings is 3. The Morgan fingerprint density at radius 3 is 2.21 bits per heavy atom. The van der Waals surface area contributed by atoms with E-state index < -0.39 is 23.3 Å². The van der Waals surface area contributed by atoms with E-state index in [0.29, 0.717) is 11.3 Å². The van der Waals surface area contributed by atoms with Gasteiger partial charge in [-0.05, 0) is 56.5 Å². The largest absolute Gasteiger partial charge is 0.425 e. The fraction of sp³-hybridized carbons (Fsp3) is 0.185. The molecule has 0 radical (unpaired) electrons. The molecule has 1 aromatic heterocycles. The molecular weight excluding hydrogens is 418 g/mol. The van der Waals surface area contributed by atoms with Crippen LogP contribution in [0.3, 0.4) is 0 Å². The second-order valence-electron chi connectivity index (χ2n) is 8.17. The Labute approximate surface area is 190 Å². The molecule has 0 aliphatic rings. The van der Waals surface area contributed by atoms with E-state index in [2.05, 4.69) is 4.98 Å². The summed E-state index contributed by atoms with van der Waals surface area (Å²) in [5.41, 5.74) is 3.20. The summed E-state index contributed by atoms with van der Waals surface area (Å²) >= 11 is 0. The number of carbonyl (C=O) groups is 2. The molecule has 6 nitrogen and oxygen atoms in total. The van der Waals surface area contributed by atoms with Crippen LogP contribution in [0.5, 0.6) is 5.75 Å². The van der Waals surface area contributed by atoms with Crippen LogP contribution in [0.1, 0.15) is 44.2 Å². The Morgan fingerprint density at radius 1 is 0.879 bits per heavy atom. The van der Waals surface area contributed by atoms with Crippen LogP contribution in [0, 0.1) is 27.7 Å². The number of nitrogens with zero attached hydrogens (tertiary/aromatic N) is 1. The molecule has 0 fully saturated rings. The van der Waals surface area contributed by atoms with Gasteiger partial charge in [-0.25, -0.2) is 9.78 Å². The number of ether oxygens (including phenoxy) is 1. The third-order valence-corrected chi connectivity index (χ3v) is 5.40. The van der Waals surface area contributed by atoms with Crippen LogP contribution in [0.2, 0.25) is 0 Å². The van der Waals surface area contributed by atoms with E-state index in [0.717, 1.165) is 22.3 Å². The van der Waals surface area contributed by atoms with E-state index >= 15 is 0 Å². The molecule has 166 valence electrons. The smallest absolute Gasteiger partial charge is 0.359 e. The maximum absolute atomic E-state index is 13.4. The summed E-state index contributed by atoms with van der Waals surface area (Å²) < 4.78 is 11.1. The molecule has 0 saturated carbocycles. The summed E-state index contributed by atoms with van der Waals surface area (Å²) in [6.45, 7) is 7.46. The Balaban J connectivity index is 1.85. The zero-order chi connectivity index (χ0) is 23.7. The number of ketones is 1. The van der Waals surface area contributed by atoms with E-state index in [9.17, 15) is 14.4 Å². The van der Waals surface area contributed by atoms with E-state index in [1.165, 1.54) is 0 Å². The standard InChI is InChI=1S/C27H23NO5/c1-15-10-11-21-20(14-15)28-23(27(31)32-21)22(24(29)19-8-6-5-7-9-19)26(30)33-25-17(3)12-16(2)13-18(25)4/h5-14,22H,1-4H3. The van der Waals surface area contributed by atoms with Gasteiger partial charge in [-0.2, -0.15) is 0 Å². The van der Waals surface area contributed by atoms with Crippen molar-refractivity contribution in [1.29, 1.82) is 0 Å². The summed E-state index contributed by atoms with van der Waals surface area (Å²) in [4.78, 5) is 44.1. The molecule has 0 spiro atoms. The van der Waals surface area contributed by atoms with Crippen molar-refractivity contribution in [2.75, 3.05) is 0 Å². The quantitative estimate of drug-likeness (QED) is 0.188. The third kappa shape index (κ3) is 4.46. The molecule has 3 aromatic carbocycles. The molecule has 0 aliphatic heterocycles. The summed E-state index contributed by atoms with van der Waals surface area (Å²) in [7, 11) is 0. The van der Waals surface area contributed by atoms with Crippen molar-refractivity contribution in [2.24, 2.45) is 0 Å². The minimum Gasteiger partial charge on any atom is -0.425 e. The number of hydrogen-bond acceptors (Lipinski definition) is 6. The van der Waals surface area contributed by atoms with Crippen LogP contribution in [-0.4, -0.2) is 16.7 Å². The predicted molar refractivity (Wildman–Crippen MR) is 125 cm³/mol. The highest BCUT2D eigenvalue weighted by Crippen LogP contribution is 2.28. The van der Waals surface area contributed by atoms with Gasteiger partial charge in [-0.3, -0.25) is 9.59 Å². The maximum atomic E-state index is 13.4. The first kappa shape index (κ1) is 22.1. The fourth-order valence-electron chi connectivity index (χ4n) is 3.91. The first-order chi connectivity index (χ1) is 15.7. The topological polar surface area (TPSA) is 86.5 Å². The van der Waals surface area contributed by atoms with Crippen LogP contribution in [0.4, 0.5) is 0 Å². The van der Waals surface area contributed by atoms with Gasteiger partial charge in [0.25, 0.3) is 0 Å². The van der Waals surface area contributed by atoms with Crippen LogP contribution < -0.4 is 10.4 Å². The number of rotatable bonds is 5. The van der Waals surface area contributed by atoms with Crippen molar-refractivity contribution >= 4 is 22.9 Å². The fourth-order valence-corrected chi connectivity index (χ4v) is 3.91. The number of esters is 1. The highest BCUT2D eigenvalue weighted by Gasteiger charge is 2.36. The van der Waals surface area contributed by atoms with Gasteiger partial charge in [0.05, 0.1) is 0 Å². The van der Waals surface area contributed by atoms with Crippen molar-refractivity contribution in [3.05, 3.63) is 105 Å². The predicted octanol–water partition coefficient (Wildman–Crippen LogP) is 4.99. The molecule has 0 N–H and O–H groups in total. The molecular formula is C27H23NO5. The minimum atomic E-state index is -1.58. The van der Waals surface area contributed by atoms with Crippen LogP contribution in [0.15, 0.2) is 69.9 Å². The van der Waals surface area contributed by atoms with Crippen molar-refractivity contribution < 1.29 is 18.7 Å². The molecule has 0 bridgehead atoms. The zero-order valence-corrected chi connectivity index (χ0v) is 18.8. The van der Waals surface area contributed by atoms with E-state index in [4.69, 9.17) is 9.15 Å². The van der Waals surface area contributed by atoms with Gasteiger partial charge in [0, 0.05) is 5.56 Å². The second kappa shape index (κ2) is 8.82. The zero-order valence-electron chi connectivity index (χ0n) is 18.8. The molecule has 6 heteroatoms. The lowest BCUT2D eigenvalue weighted by molar-refractivity contribution is -0.135. The monoisotopic (exact) mass is 441 g/mol. The number of aromatic nitrogens is 1. The van der Waals surface area contributed by atoms with Gasteiger partial charge in [0.2, 0.25) is 0 Å². The number of hydrogen-bond donors (Lipinski definition) is 0. The van der Waals surface area contributed by atoms with E-state index in [1.807, 2.05) is 39.8 Å². The van der Waals surface area contributed by atoms with Crippen molar-refractivity contribution in [2.45, 2.75) is 33.6 Å². The number of Topliss-reactive ketones (excluding diaryl/α,β-unsaturated/α-hetero) is 1. The van der Waals surface area contributed by atoms with Crippen molar-refractivity contribution in [1.82, 2.24) is 4.98 Å². The number of aryl methyl sites for hydroxylation is 4. The SMILES string of the molecule is Cc1cc(C)c(OC(=O)C(C(=O)c2ccccc2)c2nc3cc(C)ccc3oc2=O)c(C)c1. The van der Waals surface area contributed by atoms with Gasteiger partial charge >= 0.3 is 11.6 Å². The van der Waals surface area contributed by atoms with Gasteiger partial charge < -0.3 is 9.15 Å². The summed E-state index contributed by atoms with van der Waals surface area (Å²) in [5, 5.41) is 0. The molecule has 4 rings (SSSR count). The minimum absolute atomic E-state index is 0.266. The maximum Gasteiger partial charge on any atom is 0.359 e. The molecule has 33 heavy (non-hydrogen) atoms. The molecule has 0 aliphatic carbocycles. The summed E-state index contributed by atoms with van der Waals surface area (Å²) in [5.74, 6) is -2.69. The molecule has 4 aromatic rings. The van der Waals surface area contributed by atoms with E-state index in [-0.39, 0.29) is 16.8 Å². The average molecular weight is 441 g/mol. The Hall–Kier alpha value is -4.06. The lowest BCUT2D eigenvalue weighted by atomic mass is 9.94. The van der Waals surface area contributed by atoms with Crippen molar-refractivity contribution in [3.8, 4) is 5.75 Å². The van der Waals surface area contributed by atoms with Crippen LogP contribution in [0.25, 0.3) is 11.1 Å². The first-order valence-electron chi connectivity index (χ1n) is 10.5. The number of fused-ring (bicyclic) bond motifs is 1. The molecule has 1 unspecified atom stereocenters. The molecule has 1 atom stereocenters. The lowest BCUT2D eigenvalue weighted by Gasteiger charge is -2.17. The first-order valence-corrected chi connectivity index (χ1v) is 10.5. The lowest BCUT2D eigenvalue weighted by Crippen LogP contribution is -2.32. The highest BCUT2D eigenvalue weighted by atomic mass is 16.5. The highest BCUT2D eigenvalue weighted by molar-refractivity contribution is 6.13. The van der Waals surface area contributed by atoms with E-state index in [1.54, 1.807) is 48.5 Å². The average Bonchev–Trinajstić information content (AvgIpc) is 2.77. The Kier molecular flexibility index (Phi) is 5.92. The summed E-state index contributed by atoms with van der Waals surface area (Å²) in [6, 6.07) is 17.2. The molecule has 0 amide bonds. The number of carbonyl (C=O) groups excluding carboxylic acids is 2. The van der Waals surface area contributed by atoms with Gasteiger partial charge in [0.1, 0.15) is 17.0 Å².